The molecule has 2 saturated heterocycles. The van der Waals surface area contributed by atoms with Crippen LogP contribution in [0.4, 0.5) is 0 Å². The number of nitrogens with zero attached hydrogens (tertiary/aromatic N) is 5. The van der Waals surface area contributed by atoms with E-state index >= 15 is 0 Å². The van der Waals surface area contributed by atoms with Crippen molar-refractivity contribution in [2.24, 2.45) is 5.92 Å². The van der Waals surface area contributed by atoms with E-state index in [1.165, 1.54) is 11.8 Å². The zero-order valence-electron chi connectivity index (χ0n) is 18.7. The van der Waals surface area contributed by atoms with Crippen molar-refractivity contribution in [1.82, 2.24) is 24.6 Å². The van der Waals surface area contributed by atoms with Gasteiger partial charge in [0, 0.05) is 39.3 Å². The molecule has 0 spiro atoms. The van der Waals surface area contributed by atoms with Crippen LogP contribution in [0.5, 0.6) is 0 Å². The number of piperidine rings is 1. The first-order valence-corrected chi connectivity index (χ1v) is 12.3. The van der Waals surface area contributed by atoms with Gasteiger partial charge in [0.1, 0.15) is 0 Å². The standard InChI is InChI=1S/C22H33N5O3S/c1-4-27-21(19-6-5-11-29-19)23-24-22(27)31-15-20(28)26-9-7-18(8-10-26)14-25-12-16(2)30-17(3)13-25/h5-6,11,16-18H,4,7-10,12-15H2,1-3H3. The molecule has 0 bridgehead atoms. The molecule has 0 N–H and O–H groups in total. The van der Waals surface area contributed by atoms with Gasteiger partial charge in [0.05, 0.1) is 24.2 Å². The third kappa shape index (κ3) is 5.51. The van der Waals surface area contributed by atoms with Crippen molar-refractivity contribution in [3.8, 4) is 11.6 Å². The minimum Gasteiger partial charge on any atom is -0.461 e. The number of thioether (sulfide) groups is 1. The number of amides is 1. The maximum absolute atomic E-state index is 12.8. The van der Waals surface area contributed by atoms with Crippen LogP contribution in [0.25, 0.3) is 11.6 Å². The number of likely N-dealkylation sites (tertiary alicyclic amines) is 1. The molecule has 2 aliphatic heterocycles. The Morgan fingerprint density at radius 1 is 1.19 bits per heavy atom. The first-order chi connectivity index (χ1) is 15.0. The number of hydrogen-bond donors (Lipinski definition) is 0. The molecule has 8 nitrogen and oxygen atoms in total. The first-order valence-electron chi connectivity index (χ1n) is 11.3. The quantitative estimate of drug-likeness (QED) is 0.604. The summed E-state index contributed by atoms with van der Waals surface area (Å²) in [5.74, 6) is 2.63. The van der Waals surface area contributed by atoms with Gasteiger partial charge in [-0.05, 0) is 51.7 Å². The molecule has 31 heavy (non-hydrogen) atoms. The second kappa shape index (κ2) is 10.2. The molecule has 0 aliphatic carbocycles. The van der Waals surface area contributed by atoms with Crippen molar-refractivity contribution in [2.45, 2.75) is 57.5 Å². The highest BCUT2D eigenvalue weighted by atomic mass is 32.2. The molecule has 2 atom stereocenters. The van der Waals surface area contributed by atoms with E-state index in [2.05, 4.69) is 28.9 Å². The lowest BCUT2D eigenvalue weighted by Crippen LogP contribution is -2.48. The van der Waals surface area contributed by atoms with Crippen molar-refractivity contribution in [1.29, 1.82) is 0 Å². The van der Waals surface area contributed by atoms with Crippen LogP contribution < -0.4 is 0 Å². The maximum Gasteiger partial charge on any atom is 0.233 e. The van der Waals surface area contributed by atoms with Gasteiger partial charge in [-0.3, -0.25) is 14.3 Å². The molecule has 4 heterocycles. The minimum atomic E-state index is 0.183. The zero-order chi connectivity index (χ0) is 21.8. The summed E-state index contributed by atoms with van der Waals surface area (Å²) in [5, 5.41) is 9.29. The number of carbonyl (C=O) groups excluding carboxylic acids is 1. The van der Waals surface area contributed by atoms with Gasteiger partial charge in [0.2, 0.25) is 5.91 Å². The van der Waals surface area contributed by atoms with Gasteiger partial charge >= 0.3 is 0 Å². The molecule has 9 heteroatoms. The topological polar surface area (TPSA) is 76.6 Å². The Balaban J connectivity index is 1.24. The summed E-state index contributed by atoms with van der Waals surface area (Å²) in [5.41, 5.74) is 0. The third-order valence-corrected chi connectivity index (χ3v) is 7.03. The van der Waals surface area contributed by atoms with Crippen molar-refractivity contribution >= 4 is 17.7 Å². The maximum atomic E-state index is 12.8. The summed E-state index contributed by atoms with van der Waals surface area (Å²) in [6.45, 7) is 11.9. The van der Waals surface area contributed by atoms with Crippen molar-refractivity contribution in [3.63, 3.8) is 0 Å². The van der Waals surface area contributed by atoms with E-state index in [4.69, 9.17) is 9.15 Å². The van der Waals surface area contributed by atoms with Gasteiger partial charge in [-0.1, -0.05) is 11.8 Å². The summed E-state index contributed by atoms with van der Waals surface area (Å²) in [6, 6.07) is 3.71. The van der Waals surface area contributed by atoms with Gasteiger partial charge in [-0.2, -0.15) is 0 Å². The molecule has 2 aliphatic rings. The summed E-state index contributed by atoms with van der Waals surface area (Å²) in [4.78, 5) is 17.3. The largest absolute Gasteiger partial charge is 0.461 e. The molecular formula is C22H33N5O3S. The predicted octanol–water partition coefficient (Wildman–Crippen LogP) is 3.00. The molecule has 2 unspecified atom stereocenters. The lowest BCUT2D eigenvalue weighted by atomic mass is 9.95. The molecule has 0 aromatic carbocycles. The number of hydrogen-bond acceptors (Lipinski definition) is 7. The average molecular weight is 448 g/mol. The van der Waals surface area contributed by atoms with Crippen molar-refractivity contribution in [2.75, 3.05) is 38.5 Å². The average Bonchev–Trinajstić information content (AvgIpc) is 3.41. The highest BCUT2D eigenvalue weighted by molar-refractivity contribution is 7.99. The molecule has 2 aromatic rings. The highest BCUT2D eigenvalue weighted by Crippen LogP contribution is 2.26. The van der Waals surface area contributed by atoms with Gasteiger partial charge in [-0.25, -0.2) is 0 Å². The number of rotatable bonds is 7. The fourth-order valence-corrected chi connectivity index (χ4v) is 5.55. The number of furan rings is 1. The first kappa shape index (κ1) is 22.4. The van der Waals surface area contributed by atoms with Crippen LogP contribution in [0, 0.1) is 5.92 Å². The SMILES string of the molecule is CCn1c(SCC(=O)N2CCC(CN3CC(C)OC(C)C3)CC2)nnc1-c1ccco1. The smallest absolute Gasteiger partial charge is 0.233 e. The lowest BCUT2D eigenvalue weighted by Gasteiger charge is -2.39. The predicted molar refractivity (Wildman–Crippen MR) is 120 cm³/mol. The Morgan fingerprint density at radius 3 is 2.58 bits per heavy atom. The van der Waals surface area contributed by atoms with E-state index in [1.54, 1.807) is 6.26 Å². The Hall–Kier alpha value is -1.84. The molecule has 0 radical (unpaired) electrons. The van der Waals surface area contributed by atoms with Crippen molar-refractivity contribution < 1.29 is 13.9 Å². The van der Waals surface area contributed by atoms with Crippen LogP contribution in [-0.4, -0.2) is 81.2 Å². The van der Waals surface area contributed by atoms with E-state index < -0.39 is 0 Å². The summed E-state index contributed by atoms with van der Waals surface area (Å²) < 4.78 is 13.3. The Bertz CT molecular complexity index is 837. The molecular weight excluding hydrogens is 414 g/mol. The number of aromatic nitrogens is 3. The second-order valence-corrected chi connectivity index (χ2v) is 9.56. The van der Waals surface area contributed by atoms with Gasteiger partial charge in [0.15, 0.2) is 16.7 Å². The molecule has 170 valence electrons. The molecule has 1 amide bonds. The Labute approximate surface area is 188 Å². The third-order valence-electron chi connectivity index (χ3n) is 6.08. The van der Waals surface area contributed by atoms with E-state index in [0.29, 0.717) is 35.5 Å². The Morgan fingerprint density at radius 2 is 1.94 bits per heavy atom. The fraction of sp³-hybridized carbons (Fsp3) is 0.682. The summed E-state index contributed by atoms with van der Waals surface area (Å²) in [6.07, 6.45) is 4.39. The molecule has 4 rings (SSSR count). The van der Waals surface area contributed by atoms with Crippen LogP contribution in [-0.2, 0) is 16.1 Å². The molecule has 2 aromatic heterocycles. The second-order valence-electron chi connectivity index (χ2n) is 8.62. The lowest BCUT2D eigenvalue weighted by molar-refractivity contribution is -0.130. The summed E-state index contributed by atoms with van der Waals surface area (Å²) in [7, 11) is 0. The molecule has 0 saturated carbocycles. The van der Waals surface area contributed by atoms with Gasteiger partial charge < -0.3 is 14.1 Å². The van der Waals surface area contributed by atoms with Crippen LogP contribution in [0.15, 0.2) is 28.0 Å². The number of carbonyl (C=O) groups is 1. The van der Waals surface area contributed by atoms with Gasteiger partial charge in [-0.15, -0.1) is 10.2 Å². The monoisotopic (exact) mass is 447 g/mol. The zero-order valence-corrected chi connectivity index (χ0v) is 19.5. The van der Waals surface area contributed by atoms with Crippen LogP contribution in [0.1, 0.15) is 33.6 Å². The van der Waals surface area contributed by atoms with E-state index in [-0.39, 0.29) is 5.91 Å². The van der Waals surface area contributed by atoms with Crippen molar-refractivity contribution in [3.05, 3.63) is 18.4 Å². The minimum absolute atomic E-state index is 0.183. The van der Waals surface area contributed by atoms with E-state index in [0.717, 1.165) is 57.3 Å². The summed E-state index contributed by atoms with van der Waals surface area (Å²) >= 11 is 1.46. The van der Waals surface area contributed by atoms with Crippen LogP contribution in [0.2, 0.25) is 0 Å². The molecule has 2 fully saturated rings. The number of morpholine rings is 1. The van der Waals surface area contributed by atoms with Gasteiger partial charge in [0.25, 0.3) is 0 Å². The normalized spacial score (nSPS) is 23.4. The Kier molecular flexibility index (Phi) is 7.35. The van der Waals surface area contributed by atoms with Crippen LogP contribution in [0.3, 0.4) is 0 Å². The fourth-order valence-electron chi connectivity index (χ4n) is 4.65. The van der Waals surface area contributed by atoms with Crippen LogP contribution >= 0.6 is 11.8 Å². The van der Waals surface area contributed by atoms with E-state index in [1.807, 2.05) is 28.5 Å². The highest BCUT2D eigenvalue weighted by Gasteiger charge is 2.28. The van der Waals surface area contributed by atoms with E-state index in [9.17, 15) is 4.79 Å². The number of ether oxygens (including phenoxy) is 1.